The van der Waals surface area contributed by atoms with Gasteiger partial charge in [0, 0.05) is 11.1 Å². The Morgan fingerprint density at radius 1 is 1.06 bits per heavy atom. The highest BCUT2D eigenvalue weighted by molar-refractivity contribution is 9.10. The molecule has 1 aliphatic rings. The third-order valence-electron chi connectivity index (χ3n) is 5.76. The number of fused-ring (bicyclic) bond motifs is 1. The van der Waals surface area contributed by atoms with E-state index in [1.165, 1.54) is 0 Å². The maximum absolute atomic E-state index is 14.2. The molecular formula is C26H23BrN2O2S. The lowest BCUT2D eigenvalue weighted by atomic mass is 9.90. The number of carbonyl (C=O) groups is 1. The van der Waals surface area contributed by atoms with Gasteiger partial charge in [-0.2, -0.15) is 0 Å². The molecule has 4 nitrogen and oxygen atoms in total. The summed E-state index contributed by atoms with van der Waals surface area (Å²) in [6.45, 7) is 1.26. The lowest BCUT2D eigenvalue weighted by Crippen LogP contribution is -2.40. The SMILES string of the molecule is O=C(C(c1ccccc1)c1ccccc1)N(CC1CCCO1)c1nc2ccc(Br)cc2s1. The van der Waals surface area contributed by atoms with E-state index in [0.29, 0.717) is 6.54 Å². The van der Waals surface area contributed by atoms with Crippen molar-refractivity contribution in [3.63, 3.8) is 0 Å². The smallest absolute Gasteiger partial charge is 0.240 e. The number of hydrogen-bond acceptors (Lipinski definition) is 4. The first-order valence-electron chi connectivity index (χ1n) is 10.8. The Kier molecular flexibility index (Phi) is 6.35. The lowest BCUT2D eigenvalue weighted by Gasteiger charge is -2.28. The van der Waals surface area contributed by atoms with Crippen LogP contribution in [0, 0.1) is 0 Å². The van der Waals surface area contributed by atoms with E-state index < -0.39 is 5.92 Å². The maximum atomic E-state index is 14.2. The third-order valence-corrected chi connectivity index (χ3v) is 7.29. The first kappa shape index (κ1) is 21.3. The summed E-state index contributed by atoms with van der Waals surface area (Å²) in [5, 5.41) is 0.718. The molecule has 162 valence electrons. The van der Waals surface area contributed by atoms with Crippen molar-refractivity contribution in [3.05, 3.63) is 94.5 Å². The topological polar surface area (TPSA) is 42.4 Å². The zero-order chi connectivity index (χ0) is 21.9. The molecule has 4 aromatic rings. The first-order chi connectivity index (χ1) is 15.7. The largest absolute Gasteiger partial charge is 0.376 e. The molecule has 0 spiro atoms. The number of ether oxygens (including phenoxy) is 1. The fraction of sp³-hybridized carbons (Fsp3) is 0.231. The number of rotatable bonds is 6. The van der Waals surface area contributed by atoms with Crippen LogP contribution in [-0.2, 0) is 9.53 Å². The van der Waals surface area contributed by atoms with Crippen LogP contribution in [0.1, 0.15) is 29.9 Å². The fourth-order valence-corrected chi connectivity index (χ4v) is 5.71. The Hall–Kier alpha value is -2.54. The molecule has 1 atom stereocenters. The van der Waals surface area contributed by atoms with Gasteiger partial charge in [-0.05, 0) is 42.2 Å². The van der Waals surface area contributed by atoms with Crippen molar-refractivity contribution in [1.82, 2.24) is 4.98 Å². The summed E-state index contributed by atoms with van der Waals surface area (Å²) in [5.74, 6) is -0.381. The van der Waals surface area contributed by atoms with Crippen LogP contribution in [0.4, 0.5) is 5.13 Å². The van der Waals surface area contributed by atoms with Gasteiger partial charge in [-0.3, -0.25) is 9.69 Å². The predicted molar refractivity (Wildman–Crippen MR) is 133 cm³/mol. The molecule has 0 aliphatic carbocycles. The van der Waals surface area contributed by atoms with Crippen LogP contribution < -0.4 is 4.90 Å². The fourth-order valence-electron chi connectivity index (χ4n) is 4.18. The lowest BCUT2D eigenvalue weighted by molar-refractivity contribution is -0.119. The summed E-state index contributed by atoms with van der Waals surface area (Å²) in [7, 11) is 0. The summed E-state index contributed by atoms with van der Waals surface area (Å²) >= 11 is 5.09. The minimum Gasteiger partial charge on any atom is -0.376 e. The molecule has 5 rings (SSSR count). The molecule has 1 unspecified atom stereocenters. The van der Waals surface area contributed by atoms with E-state index in [9.17, 15) is 4.79 Å². The molecule has 1 fully saturated rings. The normalized spacial score (nSPS) is 16.0. The van der Waals surface area contributed by atoms with E-state index in [1.54, 1.807) is 11.3 Å². The van der Waals surface area contributed by atoms with Crippen molar-refractivity contribution in [1.29, 1.82) is 0 Å². The number of hydrogen-bond donors (Lipinski definition) is 0. The molecule has 1 saturated heterocycles. The second kappa shape index (κ2) is 9.53. The molecule has 1 amide bonds. The summed E-state index contributed by atoms with van der Waals surface area (Å²) in [6, 6.07) is 26.0. The van der Waals surface area contributed by atoms with Gasteiger partial charge in [0.15, 0.2) is 5.13 Å². The Morgan fingerprint density at radius 3 is 2.38 bits per heavy atom. The van der Waals surface area contributed by atoms with Gasteiger partial charge >= 0.3 is 0 Å². The highest BCUT2D eigenvalue weighted by Crippen LogP contribution is 2.35. The van der Waals surface area contributed by atoms with Crippen LogP contribution in [0.2, 0.25) is 0 Å². The Morgan fingerprint density at radius 2 is 1.75 bits per heavy atom. The van der Waals surface area contributed by atoms with Gasteiger partial charge in [0.25, 0.3) is 0 Å². The number of anilines is 1. The molecule has 0 radical (unpaired) electrons. The van der Waals surface area contributed by atoms with Crippen molar-refractivity contribution in [2.45, 2.75) is 24.9 Å². The molecule has 0 saturated carbocycles. The first-order valence-corrected chi connectivity index (χ1v) is 12.4. The summed E-state index contributed by atoms with van der Waals surface area (Å²) in [5.41, 5.74) is 2.85. The van der Waals surface area contributed by atoms with Crippen LogP contribution in [0.15, 0.2) is 83.3 Å². The van der Waals surface area contributed by atoms with Crippen molar-refractivity contribution in [3.8, 4) is 0 Å². The van der Waals surface area contributed by atoms with Crippen LogP contribution in [0.25, 0.3) is 10.2 Å². The molecule has 1 aromatic heterocycles. The minimum absolute atomic E-state index is 0.0241. The van der Waals surface area contributed by atoms with Gasteiger partial charge in [0.05, 0.1) is 28.8 Å². The van der Waals surface area contributed by atoms with Gasteiger partial charge in [0.1, 0.15) is 0 Å². The van der Waals surface area contributed by atoms with Crippen molar-refractivity contribution in [2.75, 3.05) is 18.1 Å². The van der Waals surface area contributed by atoms with Crippen LogP contribution in [0.3, 0.4) is 0 Å². The molecule has 6 heteroatoms. The Balaban J connectivity index is 1.58. The number of benzene rings is 3. The number of carbonyl (C=O) groups excluding carboxylic acids is 1. The Labute approximate surface area is 200 Å². The molecule has 0 N–H and O–H groups in total. The highest BCUT2D eigenvalue weighted by Gasteiger charge is 2.32. The van der Waals surface area contributed by atoms with Gasteiger partial charge in [-0.25, -0.2) is 4.98 Å². The van der Waals surface area contributed by atoms with E-state index in [4.69, 9.17) is 9.72 Å². The van der Waals surface area contributed by atoms with Crippen LogP contribution in [0.5, 0.6) is 0 Å². The Bertz CT molecular complexity index is 1170. The average molecular weight is 507 g/mol. The number of halogens is 1. The second-order valence-electron chi connectivity index (χ2n) is 7.95. The molecule has 0 bridgehead atoms. The van der Waals surface area contributed by atoms with Gasteiger partial charge < -0.3 is 4.74 Å². The number of nitrogens with zero attached hydrogens (tertiary/aromatic N) is 2. The average Bonchev–Trinajstić information content (AvgIpc) is 3.48. The van der Waals surface area contributed by atoms with Crippen molar-refractivity contribution in [2.24, 2.45) is 0 Å². The van der Waals surface area contributed by atoms with E-state index in [2.05, 4.69) is 22.0 Å². The van der Waals surface area contributed by atoms with Gasteiger partial charge in [-0.1, -0.05) is 87.9 Å². The molecule has 3 aromatic carbocycles. The van der Waals surface area contributed by atoms with Crippen LogP contribution in [-0.4, -0.2) is 30.1 Å². The van der Waals surface area contributed by atoms with E-state index >= 15 is 0 Å². The minimum atomic E-state index is -0.405. The predicted octanol–water partition coefficient (Wildman–Crippen LogP) is 6.40. The van der Waals surface area contributed by atoms with E-state index in [-0.39, 0.29) is 12.0 Å². The van der Waals surface area contributed by atoms with Crippen molar-refractivity contribution < 1.29 is 9.53 Å². The molecule has 1 aliphatic heterocycles. The quantitative estimate of drug-likeness (QED) is 0.303. The number of aromatic nitrogens is 1. The zero-order valence-corrected chi connectivity index (χ0v) is 19.9. The molecule has 2 heterocycles. The second-order valence-corrected chi connectivity index (χ2v) is 9.87. The summed E-state index contributed by atoms with van der Waals surface area (Å²) in [4.78, 5) is 20.9. The highest BCUT2D eigenvalue weighted by atomic mass is 79.9. The third kappa shape index (κ3) is 4.49. The monoisotopic (exact) mass is 506 g/mol. The molecule has 32 heavy (non-hydrogen) atoms. The van der Waals surface area contributed by atoms with Crippen molar-refractivity contribution >= 4 is 48.5 Å². The van der Waals surface area contributed by atoms with Crippen LogP contribution >= 0.6 is 27.3 Å². The summed E-state index contributed by atoms with van der Waals surface area (Å²) in [6.07, 6.45) is 2.02. The number of thiazole rings is 1. The standard InChI is InChI=1S/C26H23BrN2O2S/c27-20-13-14-22-23(16-20)32-26(28-22)29(17-21-12-7-15-31-21)25(30)24(18-8-3-1-4-9-18)19-10-5-2-6-11-19/h1-6,8-11,13-14,16,21,24H,7,12,15,17H2. The van der Waals surface area contributed by atoms with Gasteiger partial charge in [-0.15, -0.1) is 0 Å². The zero-order valence-electron chi connectivity index (χ0n) is 17.5. The summed E-state index contributed by atoms with van der Waals surface area (Å²) < 4.78 is 7.97. The maximum Gasteiger partial charge on any atom is 0.240 e. The van der Waals surface area contributed by atoms with E-state index in [1.807, 2.05) is 77.7 Å². The number of amides is 1. The van der Waals surface area contributed by atoms with Gasteiger partial charge in [0.2, 0.25) is 5.91 Å². The molecular weight excluding hydrogens is 484 g/mol. The van der Waals surface area contributed by atoms with E-state index in [0.717, 1.165) is 50.4 Å².